The number of rotatable bonds is 3. The highest BCUT2D eigenvalue weighted by Gasteiger charge is 2.27. The zero-order valence-corrected chi connectivity index (χ0v) is 11.8. The van der Waals surface area contributed by atoms with Crippen LogP contribution in [0.3, 0.4) is 0 Å². The number of carbonyl (C=O) groups excluding carboxylic acids is 1. The Morgan fingerprint density at radius 2 is 2.24 bits per heavy atom. The first-order chi connectivity index (χ1) is 10.2. The minimum absolute atomic E-state index is 0.0605. The molecule has 1 amide bonds. The highest BCUT2D eigenvalue weighted by atomic mass is 16.2. The highest BCUT2D eigenvalue weighted by molar-refractivity contribution is 5.91. The molecule has 8 heteroatoms. The molecular weight excluding hydrogens is 270 g/mol. The lowest BCUT2D eigenvalue weighted by Crippen LogP contribution is -2.41. The number of nitrogens with one attached hydrogen (secondary N) is 2. The molecule has 1 saturated heterocycles. The number of H-pyrrole nitrogens is 1. The van der Waals surface area contributed by atoms with Gasteiger partial charge in [-0.1, -0.05) is 0 Å². The summed E-state index contributed by atoms with van der Waals surface area (Å²) < 4.78 is 0. The summed E-state index contributed by atoms with van der Waals surface area (Å²) in [6.45, 7) is 3.27. The molecular formula is C13H17N7O. The predicted molar refractivity (Wildman–Crippen MR) is 76.7 cm³/mol. The van der Waals surface area contributed by atoms with Crippen molar-refractivity contribution in [3.8, 4) is 0 Å². The molecule has 1 atom stereocenters. The maximum atomic E-state index is 12.3. The molecule has 0 spiro atoms. The molecule has 1 aliphatic rings. The molecule has 3 heterocycles. The fourth-order valence-corrected chi connectivity index (χ4v) is 2.44. The molecule has 2 aromatic heterocycles. The van der Waals surface area contributed by atoms with Crippen LogP contribution in [0.2, 0.25) is 0 Å². The summed E-state index contributed by atoms with van der Waals surface area (Å²) in [5, 5.41) is 9.37. The van der Waals surface area contributed by atoms with Crippen molar-refractivity contribution >= 4 is 17.8 Å². The molecule has 0 aromatic carbocycles. The fourth-order valence-electron chi connectivity index (χ4n) is 2.44. The van der Waals surface area contributed by atoms with Gasteiger partial charge in [0.25, 0.3) is 0 Å². The summed E-state index contributed by atoms with van der Waals surface area (Å²) in [4.78, 5) is 26.9. The third kappa shape index (κ3) is 3.15. The topological polar surface area (TPSA) is 99.7 Å². The first kappa shape index (κ1) is 13.5. The smallest absolute Gasteiger partial charge is 0.248 e. The van der Waals surface area contributed by atoms with Gasteiger partial charge in [0.05, 0.1) is 5.92 Å². The predicted octanol–water partition coefficient (Wildman–Crippen LogP) is 0.758. The standard InChI is InChI=1S/C13H17N7O/c1-9-16-12(19-18-9)17-11(21)10-4-2-7-20(8-10)13-14-5-3-6-15-13/h3,5-6,10H,2,4,7-8H2,1H3,(H2,16,17,18,19,21)/t10-/m0/s1. The molecule has 0 bridgehead atoms. The van der Waals surface area contributed by atoms with Crippen LogP contribution in [0.15, 0.2) is 18.5 Å². The molecule has 0 unspecified atom stereocenters. The quantitative estimate of drug-likeness (QED) is 0.864. The number of hydrogen-bond acceptors (Lipinski definition) is 6. The van der Waals surface area contributed by atoms with E-state index >= 15 is 0 Å². The van der Waals surface area contributed by atoms with Crippen LogP contribution in [-0.4, -0.2) is 44.1 Å². The van der Waals surface area contributed by atoms with E-state index in [9.17, 15) is 4.79 Å². The summed E-state index contributed by atoms with van der Waals surface area (Å²) in [5.41, 5.74) is 0. The van der Waals surface area contributed by atoms with Gasteiger partial charge in [0.2, 0.25) is 17.8 Å². The van der Waals surface area contributed by atoms with Gasteiger partial charge in [-0.25, -0.2) is 9.97 Å². The van der Waals surface area contributed by atoms with Crippen molar-refractivity contribution in [3.63, 3.8) is 0 Å². The van der Waals surface area contributed by atoms with Crippen LogP contribution in [0.5, 0.6) is 0 Å². The van der Waals surface area contributed by atoms with E-state index in [0.717, 1.165) is 19.4 Å². The lowest BCUT2D eigenvalue weighted by Gasteiger charge is -2.31. The van der Waals surface area contributed by atoms with Crippen LogP contribution >= 0.6 is 0 Å². The lowest BCUT2D eigenvalue weighted by atomic mass is 9.97. The van der Waals surface area contributed by atoms with E-state index in [0.29, 0.717) is 24.3 Å². The molecule has 2 aromatic rings. The Kier molecular flexibility index (Phi) is 3.76. The number of amides is 1. The molecule has 0 radical (unpaired) electrons. The van der Waals surface area contributed by atoms with Crippen LogP contribution < -0.4 is 10.2 Å². The molecule has 0 saturated carbocycles. The van der Waals surface area contributed by atoms with Crippen LogP contribution in [0.4, 0.5) is 11.9 Å². The number of anilines is 2. The maximum absolute atomic E-state index is 12.3. The first-order valence-electron chi connectivity index (χ1n) is 6.94. The SMILES string of the molecule is Cc1nc(NC(=O)[C@H]2CCCN(c3ncccn3)C2)n[nH]1. The minimum atomic E-state index is -0.110. The number of piperidine rings is 1. The zero-order valence-electron chi connectivity index (χ0n) is 11.8. The average molecular weight is 287 g/mol. The van der Waals surface area contributed by atoms with Gasteiger partial charge in [0.1, 0.15) is 5.82 Å². The van der Waals surface area contributed by atoms with Gasteiger partial charge < -0.3 is 4.90 Å². The Bertz CT molecular complexity index is 612. The van der Waals surface area contributed by atoms with Gasteiger partial charge in [-0.05, 0) is 25.8 Å². The molecule has 21 heavy (non-hydrogen) atoms. The van der Waals surface area contributed by atoms with Crippen LogP contribution in [-0.2, 0) is 4.79 Å². The third-order valence-electron chi connectivity index (χ3n) is 3.46. The maximum Gasteiger partial charge on any atom is 0.248 e. The molecule has 0 aliphatic carbocycles. The van der Waals surface area contributed by atoms with E-state index in [4.69, 9.17) is 0 Å². The number of carbonyl (C=O) groups is 1. The first-order valence-corrected chi connectivity index (χ1v) is 6.94. The van der Waals surface area contributed by atoms with Crippen molar-refractivity contribution in [3.05, 3.63) is 24.3 Å². The number of aromatic nitrogens is 5. The molecule has 1 aliphatic heterocycles. The number of hydrogen-bond donors (Lipinski definition) is 2. The second-order valence-corrected chi connectivity index (χ2v) is 5.07. The average Bonchev–Trinajstić information content (AvgIpc) is 2.93. The van der Waals surface area contributed by atoms with E-state index in [2.05, 4.69) is 30.5 Å². The normalized spacial score (nSPS) is 18.5. The van der Waals surface area contributed by atoms with E-state index in [-0.39, 0.29) is 11.8 Å². The van der Waals surface area contributed by atoms with Crippen LogP contribution in [0.1, 0.15) is 18.7 Å². The Hall–Kier alpha value is -2.51. The summed E-state index contributed by atoms with van der Waals surface area (Å²) in [6, 6.07) is 1.78. The van der Waals surface area contributed by atoms with Gasteiger partial charge in [0.15, 0.2) is 0 Å². The van der Waals surface area contributed by atoms with Crippen molar-refractivity contribution in [1.29, 1.82) is 0 Å². The molecule has 8 nitrogen and oxygen atoms in total. The van der Waals surface area contributed by atoms with E-state index in [1.807, 2.05) is 4.90 Å². The highest BCUT2D eigenvalue weighted by Crippen LogP contribution is 2.20. The van der Waals surface area contributed by atoms with E-state index in [1.165, 1.54) is 0 Å². The molecule has 1 fully saturated rings. The Balaban J connectivity index is 1.64. The van der Waals surface area contributed by atoms with Crippen molar-refractivity contribution in [1.82, 2.24) is 25.1 Å². The van der Waals surface area contributed by atoms with Crippen LogP contribution in [0.25, 0.3) is 0 Å². The summed E-state index contributed by atoms with van der Waals surface area (Å²) in [6.07, 6.45) is 5.20. The Labute approximate surface area is 122 Å². The largest absolute Gasteiger partial charge is 0.340 e. The molecule has 110 valence electrons. The minimum Gasteiger partial charge on any atom is -0.340 e. The van der Waals surface area contributed by atoms with E-state index < -0.39 is 0 Å². The lowest BCUT2D eigenvalue weighted by molar-refractivity contribution is -0.120. The van der Waals surface area contributed by atoms with Crippen molar-refractivity contribution in [2.45, 2.75) is 19.8 Å². The summed E-state index contributed by atoms with van der Waals surface area (Å²) in [5.74, 6) is 1.50. The van der Waals surface area contributed by atoms with Crippen molar-refractivity contribution in [2.75, 3.05) is 23.3 Å². The van der Waals surface area contributed by atoms with Crippen molar-refractivity contribution < 1.29 is 4.79 Å². The summed E-state index contributed by atoms with van der Waals surface area (Å²) in [7, 11) is 0. The van der Waals surface area contributed by atoms with Gasteiger partial charge in [0, 0.05) is 25.5 Å². The monoisotopic (exact) mass is 287 g/mol. The second kappa shape index (κ2) is 5.86. The van der Waals surface area contributed by atoms with Gasteiger partial charge >= 0.3 is 0 Å². The van der Waals surface area contributed by atoms with E-state index in [1.54, 1.807) is 25.4 Å². The van der Waals surface area contributed by atoms with Gasteiger partial charge in [-0.3, -0.25) is 15.2 Å². The fraction of sp³-hybridized carbons (Fsp3) is 0.462. The number of aryl methyl sites for hydroxylation is 1. The van der Waals surface area contributed by atoms with Gasteiger partial charge in [-0.2, -0.15) is 4.98 Å². The van der Waals surface area contributed by atoms with Crippen molar-refractivity contribution in [2.24, 2.45) is 5.92 Å². The number of nitrogens with zero attached hydrogens (tertiary/aromatic N) is 5. The van der Waals surface area contributed by atoms with Gasteiger partial charge in [-0.15, -0.1) is 5.10 Å². The second-order valence-electron chi connectivity index (χ2n) is 5.07. The molecule has 3 rings (SSSR count). The Morgan fingerprint density at radius 3 is 2.95 bits per heavy atom. The number of aromatic amines is 1. The Morgan fingerprint density at radius 1 is 1.43 bits per heavy atom. The summed E-state index contributed by atoms with van der Waals surface area (Å²) >= 11 is 0. The third-order valence-corrected chi connectivity index (χ3v) is 3.46. The molecule has 2 N–H and O–H groups in total. The van der Waals surface area contributed by atoms with Crippen LogP contribution in [0, 0.1) is 12.8 Å². The zero-order chi connectivity index (χ0) is 14.7.